The highest BCUT2D eigenvalue weighted by atomic mass is 28.4. The molecule has 1 fully saturated rings. The van der Waals surface area contributed by atoms with E-state index in [1.807, 2.05) is 6.08 Å². The predicted molar refractivity (Wildman–Crippen MR) is 113 cm³/mol. The molecule has 0 unspecified atom stereocenters. The molecule has 156 valence electrons. The highest BCUT2D eigenvalue weighted by Crippen LogP contribution is 2.39. The van der Waals surface area contributed by atoms with E-state index in [9.17, 15) is 9.59 Å². The van der Waals surface area contributed by atoms with Crippen LogP contribution in [-0.2, 0) is 14.0 Å². The van der Waals surface area contributed by atoms with Crippen LogP contribution in [0, 0.1) is 5.92 Å². The number of nitrogens with zero attached hydrogens (tertiary/aromatic N) is 2. The first-order chi connectivity index (χ1) is 12.9. The molecule has 0 spiro atoms. The fourth-order valence-electron chi connectivity index (χ4n) is 2.98. The van der Waals surface area contributed by atoms with Gasteiger partial charge in [0.2, 0.25) is 5.91 Å². The third-order valence-corrected chi connectivity index (χ3v) is 10.2. The Balaban J connectivity index is 2.13. The molecule has 1 aliphatic heterocycles. The molecule has 1 N–H and O–H groups in total. The largest absolute Gasteiger partial charge is 0.414 e. The normalized spacial score (nSPS) is 22.9. The van der Waals surface area contributed by atoms with Crippen molar-refractivity contribution >= 4 is 20.0 Å². The number of nitrogens with one attached hydrogen (secondary N) is 1. The number of carbonyl (C=O) groups excluding carboxylic acids is 1. The summed E-state index contributed by atoms with van der Waals surface area (Å²) >= 11 is 0. The lowest BCUT2D eigenvalue weighted by Gasteiger charge is -2.37. The zero-order valence-corrected chi connectivity index (χ0v) is 18.8. The van der Waals surface area contributed by atoms with Crippen molar-refractivity contribution in [2.24, 2.45) is 5.92 Å². The van der Waals surface area contributed by atoms with Gasteiger partial charge in [0.1, 0.15) is 12.0 Å². The molecule has 3 atom stereocenters. The van der Waals surface area contributed by atoms with Gasteiger partial charge in [-0.05, 0) is 43.0 Å². The molecular weight excluding hydrogens is 374 g/mol. The molecule has 0 aromatic carbocycles. The van der Waals surface area contributed by atoms with Crippen molar-refractivity contribution in [1.29, 1.82) is 0 Å². The summed E-state index contributed by atoms with van der Waals surface area (Å²) in [4.78, 5) is 27.5. The van der Waals surface area contributed by atoms with Crippen molar-refractivity contribution in [3.63, 3.8) is 0 Å². The molecule has 0 bridgehead atoms. The van der Waals surface area contributed by atoms with E-state index in [0.29, 0.717) is 13.0 Å². The van der Waals surface area contributed by atoms with Crippen LogP contribution in [0.4, 0.5) is 5.82 Å². The Bertz CT molecular complexity index is 769. The third kappa shape index (κ3) is 5.39. The SMILES string of the molecule is C=CC[C@H]1C[C@H](n2ccc(NC(C)=O)nc2=O)O[C@@H]1CO[Si](C)(C)C(C)(C)C. The van der Waals surface area contributed by atoms with Gasteiger partial charge in [0.25, 0.3) is 0 Å². The zero-order valence-electron chi connectivity index (χ0n) is 17.8. The minimum absolute atomic E-state index is 0.0981. The fraction of sp³-hybridized carbons (Fsp3) is 0.650. The lowest BCUT2D eigenvalue weighted by atomic mass is 9.97. The number of ether oxygens (including phenoxy) is 1. The first kappa shape index (κ1) is 22.5. The van der Waals surface area contributed by atoms with E-state index in [-0.39, 0.29) is 28.8 Å². The first-order valence-electron chi connectivity index (χ1n) is 9.71. The van der Waals surface area contributed by atoms with E-state index >= 15 is 0 Å². The lowest BCUT2D eigenvalue weighted by molar-refractivity contribution is -0.114. The summed E-state index contributed by atoms with van der Waals surface area (Å²) in [6, 6.07) is 1.61. The minimum Gasteiger partial charge on any atom is -0.414 e. The predicted octanol–water partition coefficient (Wildman–Crippen LogP) is 3.70. The average Bonchev–Trinajstić information content (AvgIpc) is 2.94. The smallest absolute Gasteiger partial charge is 0.351 e. The molecule has 1 saturated heterocycles. The summed E-state index contributed by atoms with van der Waals surface area (Å²) in [5, 5.41) is 2.64. The van der Waals surface area contributed by atoms with Gasteiger partial charge in [0, 0.05) is 13.1 Å². The molecular formula is C20H33N3O4Si. The van der Waals surface area contributed by atoms with Crippen molar-refractivity contribution in [2.75, 3.05) is 11.9 Å². The molecule has 7 nitrogen and oxygen atoms in total. The average molecular weight is 408 g/mol. The molecule has 0 radical (unpaired) electrons. The van der Waals surface area contributed by atoms with Gasteiger partial charge in [0.05, 0.1) is 12.7 Å². The van der Waals surface area contributed by atoms with E-state index in [4.69, 9.17) is 9.16 Å². The van der Waals surface area contributed by atoms with Crippen LogP contribution >= 0.6 is 0 Å². The second-order valence-electron chi connectivity index (χ2n) is 8.90. The second kappa shape index (κ2) is 8.71. The zero-order chi connectivity index (χ0) is 21.1. The van der Waals surface area contributed by atoms with Crippen LogP contribution in [0.15, 0.2) is 29.7 Å². The van der Waals surface area contributed by atoms with Crippen LogP contribution in [0.1, 0.15) is 46.8 Å². The van der Waals surface area contributed by atoms with Gasteiger partial charge in [-0.1, -0.05) is 26.8 Å². The van der Waals surface area contributed by atoms with E-state index in [0.717, 1.165) is 6.42 Å². The van der Waals surface area contributed by atoms with Gasteiger partial charge < -0.3 is 14.5 Å². The number of hydrogen-bond acceptors (Lipinski definition) is 5. The van der Waals surface area contributed by atoms with E-state index in [1.54, 1.807) is 12.3 Å². The number of rotatable bonds is 7. The maximum Gasteiger partial charge on any atom is 0.351 e. The maximum atomic E-state index is 12.4. The van der Waals surface area contributed by atoms with Crippen molar-refractivity contribution in [2.45, 2.75) is 71.0 Å². The monoisotopic (exact) mass is 407 g/mol. The summed E-state index contributed by atoms with van der Waals surface area (Å²) in [7, 11) is -1.89. The fourth-order valence-corrected chi connectivity index (χ4v) is 4.00. The van der Waals surface area contributed by atoms with Crippen LogP contribution in [-0.4, -0.2) is 36.5 Å². The standard InChI is InChI=1S/C20H33N3O4Si/c1-8-9-15-12-18(23-11-10-17(21-14(2)24)22-19(23)25)27-16(15)13-26-28(6,7)20(3,4)5/h8,10-11,15-16,18H,1,9,12-13H2,2-7H3,(H,21,22,24,25)/t15-,16+,18+/m0/s1. The van der Waals surface area contributed by atoms with Gasteiger partial charge in [-0.25, -0.2) is 4.79 Å². The van der Waals surface area contributed by atoms with Crippen molar-refractivity contribution in [3.8, 4) is 0 Å². The Labute approximate surface area is 168 Å². The molecule has 0 aliphatic carbocycles. The minimum atomic E-state index is -1.89. The molecule has 1 amide bonds. The van der Waals surface area contributed by atoms with Gasteiger partial charge in [-0.3, -0.25) is 9.36 Å². The van der Waals surface area contributed by atoms with Gasteiger partial charge >= 0.3 is 5.69 Å². The van der Waals surface area contributed by atoms with Gasteiger partial charge in [-0.2, -0.15) is 4.98 Å². The number of anilines is 1. The topological polar surface area (TPSA) is 82.5 Å². The molecule has 1 aromatic rings. The van der Waals surface area contributed by atoms with Crippen molar-refractivity contribution in [1.82, 2.24) is 9.55 Å². The molecule has 2 heterocycles. The highest BCUT2D eigenvalue weighted by Gasteiger charge is 2.41. The number of carbonyl (C=O) groups is 1. The molecule has 1 aliphatic rings. The Hall–Kier alpha value is -1.77. The quantitative estimate of drug-likeness (QED) is 0.550. The Morgan fingerprint density at radius 1 is 1.50 bits per heavy atom. The Morgan fingerprint density at radius 3 is 2.71 bits per heavy atom. The summed E-state index contributed by atoms with van der Waals surface area (Å²) in [6.45, 7) is 16.8. The molecule has 28 heavy (non-hydrogen) atoms. The number of aromatic nitrogens is 2. The van der Waals surface area contributed by atoms with Gasteiger partial charge in [0.15, 0.2) is 8.32 Å². The Kier molecular flexibility index (Phi) is 7.01. The molecule has 0 saturated carbocycles. The van der Waals surface area contributed by atoms with Crippen LogP contribution < -0.4 is 11.0 Å². The van der Waals surface area contributed by atoms with Crippen LogP contribution in [0.3, 0.4) is 0 Å². The molecule has 8 heteroatoms. The van der Waals surface area contributed by atoms with Crippen LogP contribution in [0.2, 0.25) is 18.1 Å². The molecule has 1 aromatic heterocycles. The summed E-state index contributed by atoms with van der Waals surface area (Å²) in [6.07, 6.45) is 4.50. The van der Waals surface area contributed by atoms with Crippen LogP contribution in [0.25, 0.3) is 0 Å². The number of hydrogen-bond donors (Lipinski definition) is 1. The summed E-state index contributed by atoms with van der Waals surface area (Å²) in [5.41, 5.74) is -0.445. The Morgan fingerprint density at radius 2 is 2.18 bits per heavy atom. The van der Waals surface area contributed by atoms with Crippen molar-refractivity contribution in [3.05, 3.63) is 35.4 Å². The van der Waals surface area contributed by atoms with Crippen LogP contribution in [0.5, 0.6) is 0 Å². The van der Waals surface area contributed by atoms with Crippen molar-refractivity contribution < 1.29 is 14.0 Å². The third-order valence-electron chi connectivity index (χ3n) is 5.69. The van der Waals surface area contributed by atoms with E-state index < -0.39 is 20.2 Å². The first-order valence-corrected chi connectivity index (χ1v) is 12.6. The van der Waals surface area contributed by atoms with E-state index in [1.165, 1.54) is 11.5 Å². The number of allylic oxidation sites excluding steroid dienone is 1. The number of amides is 1. The summed E-state index contributed by atoms with van der Waals surface area (Å²) in [5.74, 6) is 0.206. The molecule has 2 rings (SSSR count). The lowest BCUT2D eigenvalue weighted by Crippen LogP contribution is -2.43. The second-order valence-corrected chi connectivity index (χ2v) is 13.7. The maximum absolute atomic E-state index is 12.4. The summed E-state index contributed by atoms with van der Waals surface area (Å²) < 4.78 is 14.0. The highest BCUT2D eigenvalue weighted by molar-refractivity contribution is 6.74. The van der Waals surface area contributed by atoms with Gasteiger partial charge in [-0.15, -0.1) is 6.58 Å². The van der Waals surface area contributed by atoms with E-state index in [2.05, 4.69) is 50.7 Å².